The molecule has 0 bridgehead atoms. The van der Waals surface area contributed by atoms with Crippen molar-refractivity contribution in [2.45, 2.75) is 6.54 Å². The van der Waals surface area contributed by atoms with Gasteiger partial charge >= 0.3 is 0 Å². The summed E-state index contributed by atoms with van der Waals surface area (Å²) >= 11 is 5.74. The van der Waals surface area contributed by atoms with E-state index >= 15 is 0 Å². The first-order chi connectivity index (χ1) is 12.9. The van der Waals surface area contributed by atoms with Crippen LogP contribution in [-0.4, -0.2) is 20.4 Å². The fraction of sp³-hybridized carbons (Fsp3) is 0.0556. The Balaban J connectivity index is 1.74. The average Bonchev–Trinajstić information content (AvgIpc) is 2.65. The Morgan fingerprint density at radius 2 is 1.93 bits per heavy atom. The summed E-state index contributed by atoms with van der Waals surface area (Å²) < 4.78 is 1.14. The lowest BCUT2D eigenvalue weighted by atomic mass is 10.1. The highest BCUT2D eigenvalue weighted by Crippen LogP contribution is 2.27. The van der Waals surface area contributed by atoms with E-state index < -0.39 is 10.8 Å². The summed E-state index contributed by atoms with van der Waals surface area (Å²) in [6.07, 6.45) is 1.29. The van der Waals surface area contributed by atoms with Gasteiger partial charge in [0.2, 0.25) is 5.91 Å². The molecule has 8 nitrogen and oxygen atoms in total. The first-order valence-corrected chi connectivity index (χ1v) is 8.17. The highest BCUT2D eigenvalue weighted by Gasteiger charge is 2.14. The second-order valence-corrected chi connectivity index (χ2v) is 5.98. The number of nitrogens with one attached hydrogen (secondary N) is 1. The maximum atomic E-state index is 12.2. The van der Waals surface area contributed by atoms with Crippen molar-refractivity contribution in [3.63, 3.8) is 0 Å². The molecule has 3 aromatic rings. The molecule has 3 rings (SSSR count). The molecular formula is C18H13ClN4O4. The van der Waals surface area contributed by atoms with E-state index in [0.29, 0.717) is 5.69 Å². The van der Waals surface area contributed by atoms with Crippen LogP contribution in [-0.2, 0) is 11.3 Å². The Bertz CT molecular complexity index is 1070. The van der Waals surface area contributed by atoms with Gasteiger partial charge in [0.1, 0.15) is 11.6 Å². The van der Waals surface area contributed by atoms with Crippen LogP contribution in [0.4, 0.5) is 11.4 Å². The van der Waals surface area contributed by atoms with E-state index in [0.717, 1.165) is 16.2 Å². The number of carbonyl (C=O) groups excluding carboxylic acids is 1. The Hall–Kier alpha value is -3.52. The molecule has 0 fully saturated rings. The molecule has 0 saturated heterocycles. The summed E-state index contributed by atoms with van der Waals surface area (Å²) in [6.45, 7) is -0.280. The number of benzene rings is 2. The summed E-state index contributed by atoms with van der Waals surface area (Å²) in [4.78, 5) is 38.8. The molecule has 0 atom stereocenters. The summed E-state index contributed by atoms with van der Waals surface area (Å²) in [5.41, 5.74) is 0.796. The number of halogens is 1. The van der Waals surface area contributed by atoms with Crippen LogP contribution in [0.1, 0.15) is 0 Å². The standard InChI is InChI=1S/C18H13ClN4O4/c19-14-7-6-13(8-16(14)23(26)27)21-17(24)10-22-11-20-15(9-18(22)25)12-4-2-1-3-5-12/h1-9,11H,10H2,(H,21,24). The predicted molar refractivity (Wildman–Crippen MR) is 101 cm³/mol. The molecule has 0 aliphatic heterocycles. The van der Waals surface area contributed by atoms with E-state index in [1.54, 1.807) is 0 Å². The monoisotopic (exact) mass is 384 g/mol. The molecule has 0 radical (unpaired) electrons. The van der Waals surface area contributed by atoms with Crippen molar-refractivity contribution in [3.05, 3.63) is 86.4 Å². The van der Waals surface area contributed by atoms with E-state index in [9.17, 15) is 19.7 Å². The van der Waals surface area contributed by atoms with Gasteiger partial charge in [-0.25, -0.2) is 4.98 Å². The Morgan fingerprint density at radius 3 is 2.59 bits per heavy atom. The fourth-order valence-corrected chi connectivity index (χ4v) is 2.58. The molecule has 1 heterocycles. The largest absolute Gasteiger partial charge is 0.324 e. The predicted octanol–water partition coefficient (Wildman–Crippen LogP) is 3.11. The van der Waals surface area contributed by atoms with Crippen LogP contribution in [0.25, 0.3) is 11.3 Å². The maximum absolute atomic E-state index is 12.2. The van der Waals surface area contributed by atoms with Gasteiger partial charge < -0.3 is 5.32 Å². The zero-order chi connectivity index (χ0) is 19.4. The van der Waals surface area contributed by atoms with Crippen molar-refractivity contribution in [2.75, 3.05) is 5.32 Å². The molecule has 0 spiro atoms. The van der Waals surface area contributed by atoms with Crippen LogP contribution in [0.5, 0.6) is 0 Å². The third-order valence-electron chi connectivity index (χ3n) is 3.69. The molecule has 1 amide bonds. The van der Waals surface area contributed by atoms with Gasteiger partial charge in [0.05, 0.1) is 16.9 Å². The second-order valence-electron chi connectivity index (χ2n) is 5.58. The van der Waals surface area contributed by atoms with Crippen molar-refractivity contribution in [1.82, 2.24) is 9.55 Å². The van der Waals surface area contributed by atoms with Crippen molar-refractivity contribution < 1.29 is 9.72 Å². The number of carbonyl (C=O) groups is 1. The van der Waals surface area contributed by atoms with Crippen molar-refractivity contribution in [2.24, 2.45) is 0 Å². The number of amides is 1. The minimum absolute atomic E-state index is 0.0325. The second kappa shape index (κ2) is 7.79. The van der Waals surface area contributed by atoms with E-state index in [4.69, 9.17) is 11.6 Å². The van der Waals surface area contributed by atoms with E-state index in [1.807, 2.05) is 30.3 Å². The van der Waals surface area contributed by atoms with Gasteiger partial charge in [0, 0.05) is 23.4 Å². The van der Waals surface area contributed by atoms with Gasteiger partial charge in [-0.2, -0.15) is 0 Å². The van der Waals surface area contributed by atoms with Crippen molar-refractivity contribution in [3.8, 4) is 11.3 Å². The molecule has 0 unspecified atom stereocenters. The smallest absolute Gasteiger partial charge is 0.289 e. The SMILES string of the molecule is O=C(Cn1cnc(-c2ccccc2)cc1=O)Nc1ccc(Cl)c([N+](=O)[O-])c1. The van der Waals surface area contributed by atoms with Crippen LogP contribution in [0.3, 0.4) is 0 Å². The normalized spacial score (nSPS) is 10.4. The minimum Gasteiger partial charge on any atom is -0.324 e. The number of aromatic nitrogens is 2. The third kappa shape index (κ3) is 4.36. The number of nitro benzene ring substituents is 1. The van der Waals surface area contributed by atoms with Crippen LogP contribution in [0.2, 0.25) is 5.02 Å². The number of nitro groups is 1. The van der Waals surface area contributed by atoms with Crippen molar-refractivity contribution in [1.29, 1.82) is 0 Å². The topological polar surface area (TPSA) is 107 Å². The van der Waals surface area contributed by atoms with Crippen LogP contribution in [0.15, 0.2) is 65.7 Å². The fourth-order valence-electron chi connectivity index (χ4n) is 2.40. The number of nitrogens with zero attached hydrogens (tertiary/aromatic N) is 3. The van der Waals surface area contributed by atoms with E-state index in [1.165, 1.54) is 24.5 Å². The molecule has 0 aliphatic carbocycles. The zero-order valence-corrected chi connectivity index (χ0v) is 14.6. The lowest BCUT2D eigenvalue weighted by molar-refractivity contribution is -0.384. The third-order valence-corrected chi connectivity index (χ3v) is 4.01. The van der Waals surface area contributed by atoms with Gasteiger partial charge in [-0.15, -0.1) is 0 Å². The molecule has 1 aromatic heterocycles. The summed E-state index contributed by atoms with van der Waals surface area (Å²) in [6, 6.07) is 14.4. The van der Waals surface area contributed by atoms with Crippen LogP contribution >= 0.6 is 11.6 Å². The lowest BCUT2D eigenvalue weighted by Crippen LogP contribution is -2.27. The highest BCUT2D eigenvalue weighted by molar-refractivity contribution is 6.32. The van der Waals surface area contributed by atoms with Gasteiger partial charge in [0.15, 0.2) is 0 Å². The highest BCUT2D eigenvalue weighted by atomic mass is 35.5. The van der Waals surface area contributed by atoms with Crippen molar-refractivity contribution >= 4 is 28.9 Å². The zero-order valence-electron chi connectivity index (χ0n) is 13.8. The minimum atomic E-state index is -0.644. The number of anilines is 1. The summed E-state index contributed by atoms with van der Waals surface area (Å²) in [5.74, 6) is -0.525. The molecule has 27 heavy (non-hydrogen) atoms. The lowest BCUT2D eigenvalue weighted by Gasteiger charge is -2.08. The first kappa shape index (κ1) is 18.3. The molecule has 0 saturated carbocycles. The molecule has 1 N–H and O–H groups in total. The number of rotatable bonds is 5. The van der Waals surface area contributed by atoms with Crippen LogP contribution < -0.4 is 10.9 Å². The van der Waals surface area contributed by atoms with Gasteiger partial charge in [-0.05, 0) is 12.1 Å². The van der Waals surface area contributed by atoms with Gasteiger partial charge in [0.25, 0.3) is 11.2 Å². The quantitative estimate of drug-likeness (QED) is 0.537. The van der Waals surface area contributed by atoms with Gasteiger partial charge in [-0.1, -0.05) is 41.9 Å². The Morgan fingerprint density at radius 1 is 1.19 bits per heavy atom. The first-order valence-electron chi connectivity index (χ1n) is 7.80. The molecule has 136 valence electrons. The maximum Gasteiger partial charge on any atom is 0.289 e. The van der Waals surface area contributed by atoms with Crippen LogP contribution in [0, 0.1) is 10.1 Å². The molecule has 2 aromatic carbocycles. The van der Waals surface area contributed by atoms with E-state index in [-0.39, 0.29) is 28.5 Å². The molecular weight excluding hydrogens is 372 g/mol. The number of hydrogen-bond acceptors (Lipinski definition) is 5. The van der Waals surface area contributed by atoms with E-state index in [2.05, 4.69) is 10.3 Å². The molecule has 9 heteroatoms. The summed E-state index contributed by atoms with van der Waals surface area (Å²) in [5, 5.41) is 13.4. The van der Waals surface area contributed by atoms with Gasteiger partial charge in [-0.3, -0.25) is 24.3 Å². The Labute approximate surface area is 158 Å². The molecule has 0 aliphatic rings. The number of hydrogen-bond donors (Lipinski definition) is 1. The average molecular weight is 385 g/mol. The Kier molecular flexibility index (Phi) is 5.28. The summed E-state index contributed by atoms with van der Waals surface area (Å²) in [7, 11) is 0.